The third-order valence-electron chi connectivity index (χ3n) is 3.95. The fourth-order valence-electron chi connectivity index (χ4n) is 2.48. The predicted molar refractivity (Wildman–Crippen MR) is 82.9 cm³/mol. The summed E-state index contributed by atoms with van der Waals surface area (Å²) >= 11 is 0. The first-order valence-electron chi connectivity index (χ1n) is 7.22. The maximum Gasteiger partial charge on any atom is 0.156 e. The summed E-state index contributed by atoms with van der Waals surface area (Å²) in [4.78, 5) is 0. The molecule has 0 aliphatic heterocycles. The van der Waals surface area contributed by atoms with Crippen molar-refractivity contribution in [3.63, 3.8) is 0 Å². The quantitative estimate of drug-likeness (QED) is 0.821. The molecule has 0 unspecified atom stereocenters. The molecule has 0 radical (unpaired) electrons. The van der Waals surface area contributed by atoms with Crippen LogP contribution in [-0.4, -0.2) is 39.8 Å². The van der Waals surface area contributed by atoms with E-state index in [4.69, 9.17) is 4.74 Å². The van der Waals surface area contributed by atoms with Gasteiger partial charge in [-0.15, -0.1) is 0 Å². The van der Waals surface area contributed by atoms with Crippen LogP contribution in [0.2, 0.25) is 0 Å². The Morgan fingerprint density at radius 3 is 2.38 bits per heavy atom. The number of hydrogen-bond donors (Lipinski definition) is 1. The standard InChI is InChI=1S/C15H25N5O/c1-10-11(2)18-20(13(10)4)15-14(9-16-7-8-21-6)12(3)17-19(15)5/h16H,7-9H2,1-6H3. The molecule has 21 heavy (non-hydrogen) atoms. The predicted octanol–water partition coefficient (Wildman–Crippen LogP) is 1.58. The molecule has 0 aliphatic rings. The van der Waals surface area contributed by atoms with Crippen LogP contribution in [0.15, 0.2) is 0 Å². The summed E-state index contributed by atoms with van der Waals surface area (Å²) in [6.45, 7) is 10.6. The second kappa shape index (κ2) is 6.41. The summed E-state index contributed by atoms with van der Waals surface area (Å²) in [5.41, 5.74) is 5.66. The summed E-state index contributed by atoms with van der Waals surface area (Å²) in [6, 6.07) is 0. The van der Waals surface area contributed by atoms with Crippen molar-refractivity contribution in [1.82, 2.24) is 24.9 Å². The van der Waals surface area contributed by atoms with Gasteiger partial charge in [-0.25, -0.2) is 4.68 Å². The number of methoxy groups -OCH3 is 1. The Balaban J connectivity index is 2.36. The van der Waals surface area contributed by atoms with Crippen molar-refractivity contribution in [2.75, 3.05) is 20.3 Å². The first kappa shape index (κ1) is 15.7. The summed E-state index contributed by atoms with van der Waals surface area (Å²) in [5, 5.41) is 12.6. The third kappa shape index (κ3) is 3.01. The van der Waals surface area contributed by atoms with E-state index >= 15 is 0 Å². The molecule has 0 aliphatic carbocycles. The molecule has 0 bridgehead atoms. The summed E-state index contributed by atoms with van der Waals surface area (Å²) < 4.78 is 8.97. The highest BCUT2D eigenvalue weighted by molar-refractivity contribution is 5.40. The molecule has 1 N–H and O–H groups in total. The first-order chi connectivity index (χ1) is 9.97. The van der Waals surface area contributed by atoms with E-state index in [-0.39, 0.29) is 0 Å². The molecular formula is C15H25N5O. The van der Waals surface area contributed by atoms with Gasteiger partial charge in [-0.05, 0) is 33.3 Å². The highest BCUT2D eigenvalue weighted by atomic mass is 16.5. The van der Waals surface area contributed by atoms with E-state index in [1.54, 1.807) is 7.11 Å². The molecular weight excluding hydrogens is 266 g/mol. The lowest BCUT2D eigenvalue weighted by Crippen LogP contribution is -2.20. The molecule has 0 saturated carbocycles. The van der Waals surface area contributed by atoms with Gasteiger partial charge in [-0.2, -0.15) is 10.2 Å². The average Bonchev–Trinajstić information content (AvgIpc) is 2.86. The molecule has 116 valence electrons. The highest BCUT2D eigenvalue weighted by Crippen LogP contribution is 2.21. The summed E-state index contributed by atoms with van der Waals surface area (Å²) in [7, 11) is 3.67. The molecule has 2 aromatic heterocycles. The maximum absolute atomic E-state index is 5.07. The Labute approximate surface area is 126 Å². The van der Waals surface area contributed by atoms with Crippen molar-refractivity contribution in [2.45, 2.75) is 34.2 Å². The van der Waals surface area contributed by atoms with Crippen molar-refractivity contribution in [2.24, 2.45) is 7.05 Å². The molecule has 2 aromatic rings. The van der Waals surface area contributed by atoms with E-state index < -0.39 is 0 Å². The van der Waals surface area contributed by atoms with E-state index in [1.807, 2.05) is 30.3 Å². The second-order valence-corrected chi connectivity index (χ2v) is 5.39. The molecule has 0 aromatic carbocycles. The smallest absolute Gasteiger partial charge is 0.156 e. The van der Waals surface area contributed by atoms with Gasteiger partial charge in [0.1, 0.15) is 0 Å². The number of ether oxygens (including phenoxy) is 1. The van der Waals surface area contributed by atoms with Crippen LogP contribution in [0.25, 0.3) is 5.82 Å². The number of nitrogens with zero attached hydrogens (tertiary/aromatic N) is 4. The van der Waals surface area contributed by atoms with E-state index in [0.29, 0.717) is 6.61 Å². The number of aryl methyl sites for hydroxylation is 3. The van der Waals surface area contributed by atoms with Crippen LogP contribution in [0.1, 0.15) is 28.2 Å². The van der Waals surface area contributed by atoms with Gasteiger partial charge in [0, 0.05) is 38.5 Å². The topological polar surface area (TPSA) is 56.9 Å². The molecule has 0 saturated heterocycles. The van der Waals surface area contributed by atoms with Gasteiger partial charge in [0.25, 0.3) is 0 Å². The van der Waals surface area contributed by atoms with Crippen molar-refractivity contribution in [3.05, 3.63) is 28.2 Å². The molecule has 0 fully saturated rings. The van der Waals surface area contributed by atoms with E-state index in [0.717, 1.165) is 36.0 Å². The molecule has 2 heterocycles. The van der Waals surface area contributed by atoms with Crippen LogP contribution in [0, 0.1) is 27.7 Å². The molecule has 0 amide bonds. The number of aromatic nitrogens is 4. The summed E-state index contributed by atoms with van der Waals surface area (Å²) in [5.74, 6) is 1.03. The summed E-state index contributed by atoms with van der Waals surface area (Å²) in [6.07, 6.45) is 0. The SMILES string of the molecule is COCCNCc1c(C)nn(C)c1-n1nc(C)c(C)c1C. The normalized spacial score (nSPS) is 11.3. The Bertz CT molecular complexity index is 627. The van der Waals surface area contributed by atoms with Gasteiger partial charge in [0.15, 0.2) is 5.82 Å². The fraction of sp³-hybridized carbons (Fsp3) is 0.600. The molecule has 6 nitrogen and oxygen atoms in total. The Kier molecular flexibility index (Phi) is 4.80. The molecule has 2 rings (SSSR count). The Morgan fingerprint density at radius 1 is 1.10 bits per heavy atom. The zero-order chi connectivity index (χ0) is 15.6. The lowest BCUT2D eigenvalue weighted by molar-refractivity contribution is 0.199. The maximum atomic E-state index is 5.07. The monoisotopic (exact) mass is 291 g/mol. The Hall–Kier alpha value is -1.66. The van der Waals surface area contributed by atoms with Crippen molar-refractivity contribution in [3.8, 4) is 5.82 Å². The van der Waals surface area contributed by atoms with E-state index in [9.17, 15) is 0 Å². The van der Waals surface area contributed by atoms with Crippen LogP contribution in [0.5, 0.6) is 0 Å². The van der Waals surface area contributed by atoms with Crippen LogP contribution in [0.3, 0.4) is 0 Å². The van der Waals surface area contributed by atoms with Crippen LogP contribution in [-0.2, 0) is 18.3 Å². The number of rotatable bonds is 6. The number of hydrogen-bond acceptors (Lipinski definition) is 4. The lowest BCUT2D eigenvalue weighted by Gasteiger charge is -2.10. The van der Waals surface area contributed by atoms with Gasteiger partial charge in [-0.1, -0.05) is 0 Å². The minimum Gasteiger partial charge on any atom is -0.383 e. The van der Waals surface area contributed by atoms with Crippen LogP contribution < -0.4 is 5.32 Å². The van der Waals surface area contributed by atoms with Gasteiger partial charge in [-0.3, -0.25) is 4.68 Å². The van der Waals surface area contributed by atoms with Gasteiger partial charge in [0.2, 0.25) is 0 Å². The number of nitrogens with one attached hydrogen (secondary N) is 1. The minimum atomic E-state index is 0.702. The molecule has 6 heteroatoms. The fourth-order valence-corrected chi connectivity index (χ4v) is 2.48. The average molecular weight is 291 g/mol. The van der Waals surface area contributed by atoms with Gasteiger partial charge >= 0.3 is 0 Å². The molecule has 0 atom stereocenters. The van der Waals surface area contributed by atoms with Gasteiger partial charge in [0.05, 0.1) is 18.0 Å². The second-order valence-electron chi connectivity index (χ2n) is 5.39. The third-order valence-corrected chi connectivity index (χ3v) is 3.95. The van der Waals surface area contributed by atoms with Crippen molar-refractivity contribution >= 4 is 0 Å². The molecule has 0 spiro atoms. The Morgan fingerprint density at radius 2 is 1.81 bits per heavy atom. The first-order valence-corrected chi connectivity index (χ1v) is 7.22. The zero-order valence-electron chi connectivity index (χ0n) is 13.8. The zero-order valence-corrected chi connectivity index (χ0v) is 13.8. The van der Waals surface area contributed by atoms with Crippen molar-refractivity contribution in [1.29, 1.82) is 0 Å². The minimum absolute atomic E-state index is 0.702. The lowest BCUT2D eigenvalue weighted by atomic mass is 10.2. The van der Waals surface area contributed by atoms with Crippen LogP contribution in [0.4, 0.5) is 0 Å². The highest BCUT2D eigenvalue weighted by Gasteiger charge is 2.18. The van der Waals surface area contributed by atoms with E-state index in [1.165, 1.54) is 11.1 Å². The van der Waals surface area contributed by atoms with E-state index in [2.05, 4.69) is 29.4 Å². The largest absolute Gasteiger partial charge is 0.383 e. The van der Waals surface area contributed by atoms with Crippen LogP contribution >= 0.6 is 0 Å². The van der Waals surface area contributed by atoms with Crippen molar-refractivity contribution < 1.29 is 4.74 Å². The van der Waals surface area contributed by atoms with Gasteiger partial charge < -0.3 is 10.1 Å².